The van der Waals surface area contributed by atoms with E-state index in [0.29, 0.717) is 19.0 Å². The summed E-state index contributed by atoms with van der Waals surface area (Å²) in [5.74, 6) is 1.77. The molecule has 1 aromatic carbocycles. The average molecular weight is 437 g/mol. The summed E-state index contributed by atoms with van der Waals surface area (Å²) in [6, 6.07) is 8.54. The lowest BCUT2D eigenvalue weighted by Crippen LogP contribution is -2.36. The number of nitrogens with zero attached hydrogens (tertiary/aromatic N) is 5. The smallest absolute Gasteiger partial charge is 0.219 e. The molecule has 1 saturated heterocycles. The molecule has 0 spiro atoms. The highest BCUT2D eigenvalue weighted by Crippen LogP contribution is 2.39. The molecule has 4 aromatic rings. The van der Waals surface area contributed by atoms with Gasteiger partial charge in [-0.15, -0.1) is 23.1 Å². The fourth-order valence-corrected chi connectivity index (χ4v) is 4.96. The molecular weight excluding hydrogens is 416 g/mol. The predicted molar refractivity (Wildman–Crippen MR) is 123 cm³/mol. The number of nitrogens with two attached hydrogens (primary N) is 1. The molecule has 30 heavy (non-hydrogen) atoms. The van der Waals surface area contributed by atoms with E-state index in [1.54, 1.807) is 35.5 Å². The molecule has 9 heteroatoms. The van der Waals surface area contributed by atoms with Crippen LogP contribution in [0.2, 0.25) is 0 Å². The van der Waals surface area contributed by atoms with E-state index < -0.39 is 0 Å². The number of fused-ring (bicyclic) bond motifs is 1. The molecule has 7 nitrogen and oxygen atoms in total. The van der Waals surface area contributed by atoms with Crippen LogP contribution in [0.3, 0.4) is 0 Å². The normalized spacial score (nSPS) is 14.4. The molecule has 0 saturated carbocycles. The fraction of sp³-hybridized carbons (Fsp3) is 0.238. The van der Waals surface area contributed by atoms with Gasteiger partial charge in [0.15, 0.2) is 11.6 Å². The number of thioether (sulfide) groups is 1. The lowest BCUT2D eigenvalue weighted by atomic mass is 10.1. The summed E-state index contributed by atoms with van der Waals surface area (Å²) >= 11 is 3.42. The van der Waals surface area contributed by atoms with Crippen LogP contribution in [-0.4, -0.2) is 52.5 Å². The Morgan fingerprint density at radius 1 is 1.10 bits per heavy atom. The first-order chi connectivity index (χ1) is 14.7. The Hall–Kier alpha value is -2.75. The maximum absolute atomic E-state index is 5.67. The second-order valence-electron chi connectivity index (χ2n) is 6.86. The molecule has 5 rings (SSSR count). The van der Waals surface area contributed by atoms with Gasteiger partial charge in [-0.2, -0.15) is 0 Å². The Balaban J connectivity index is 1.71. The Labute approximate surface area is 182 Å². The molecule has 3 aromatic heterocycles. The first-order valence-electron chi connectivity index (χ1n) is 9.57. The van der Waals surface area contributed by atoms with E-state index in [1.165, 1.54) is 4.90 Å². The number of hydrogen-bond acceptors (Lipinski definition) is 9. The third-order valence-electron chi connectivity index (χ3n) is 5.02. The number of ether oxygens (including phenoxy) is 1. The SMILES string of the molecule is CSc1cccc(-c2csc3c(N4CCOCC4)nc(-c4cnc(N)nc4)nc23)c1. The van der Waals surface area contributed by atoms with E-state index in [0.717, 1.165) is 45.8 Å². The molecule has 0 unspecified atom stereocenters. The van der Waals surface area contributed by atoms with Gasteiger partial charge in [0.1, 0.15) is 0 Å². The van der Waals surface area contributed by atoms with Crippen molar-refractivity contribution in [1.29, 1.82) is 0 Å². The number of benzene rings is 1. The number of morpholine rings is 1. The maximum Gasteiger partial charge on any atom is 0.219 e. The number of rotatable bonds is 4. The summed E-state index contributed by atoms with van der Waals surface area (Å²) in [6.45, 7) is 3.00. The summed E-state index contributed by atoms with van der Waals surface area (Å²) in [5.41, 5.74) is 9.62. The van der Waals surface area contributed by atoms with Crippen molar-refractivity contribution in [1.82, 2.24) is 19.9 Å². The molecule has 1 aliphatic heterocycles. The number of aromatic nitrogens is 4. The highest BCUT2D eigenvalue weighted by molar-refractivity contribution is 7.98. The van der Waals surface area contributed by atoms with Gasteiger partial charge in [0.05, 0.1) is 29.0 Å². The minimum atomic E-state index is 0.235. The summed E-state index contributed by atoms with van der Waals surface area (Å²) < 4.78 is 6.63. The second-order valence-corrected chi connectivity index (χ2v) is 8.62. The second kappa shape index (κ2) is 8.17. The highest BCUT2D eigenvalue weighted by Gasteiger charge is 2.21. The molecule has 0 atom stereocenters. The molecule has 4 heterocycles. The van der Waals surface area contributed by atoms with Gasteiger partial charge in [0.2, 0.25) is 5.95 Å². The molecule has 1 fully saturated rings. The van der Waals surface area contributed by atoms with E-state index in [9.17, 15) is 0 Å². The summed E-state index contributed by atoms with van der Waals surface area (Å²) in [6.07, 6.45) is 5.43. The lowest BCUT2D eigenvalue weighted by Gasteiger charge is -2.28. The first kappa shape index (κ1) is 19.2. The van der Waals surface area contributed by atoms with Gasteiger partial charge in [-0.25, -0.2) is 19.9 Å². The van der Waals surface area contributed by atoms with E-state index in [-0.39, 0.29) is 5.95 Å². The summed E-state index contributed by atoms with van der Waals surface area (Å²) in [7, 11) is 0. The molecular formula is C21H20N6OS2. The van der Waals surface area contributed by atoms with Gasteiger partial charge < -0.3 is 15.4 Å². The Morgan fingerprint density at radius 3 is 2.67 bits per heavy atom. The van der Waals surface area contributed by atoms with Gasteiger partial charge in [0, 0.05) is 41.3 Å². The van der Waals surface area contributed by atoms with E-state index >= 15 is 0 Å². The van der Waals surface area contributed by atoms with Crippen LogP contribution in [-0.2, 0) is 4.74 Å². The van der Waals surface area contributed by atoms with Crippen LogP contribution in [0.1, 0.15) is 0 Å². The van der Waals surface area contributed by atoms with E-state index in [4.69, 9.17) is 20.4 Å². The van der Waals surface area contributed by atoms with Crippen LogP contribution in [0.25, 0.3) is 32.7 Å². The van der Waals surface area contributed by atoms with Crippen LogP contribution < -0.4 is 10.6 Å². The van der Waals surface area contributed by atoms with E-state index in [2.05, 4.69) is 50.8 Å². The number of thiophene rings is 1. The fourth-order valence-electron chi connectivity index (χ4n) is 3.47. The topological polar surface area (TPSA) is 90.0 Å². The minimum Gasteiger partial charge on any atom is -0.378 e. The van der Waals surface area contributed by atoms with Crippen LogP contribution in [0.5, 0.6) is 0 Å². The number of nitrogen functional groups attached to an aromatic ring is 1. The van der Waals surface area contributed by atoms with Gasteiger partial charge in [-0.1, -0.05) is 12.1 Å². The monoisotopic (exact) mass is 436 g/mol. The highest BCUT2D eigenvalue weighted by atomic mass is 32.2. The number of anilines is 2. The predicted octanol–water partition coefficient (Wildman–Crippen LogP) is 3.96. The third kappa shape index (κ3) is 3.60. The molecule has 152 valence electrons. The van der Waals surface area contributed by atoms with Crippen molar-refractivity contribution in [2.24, 2.45) is 0 Å². The molecule has 0 amide bonds. The zero-order chi connectivity index (χ0) is 20.5. The Bertz CT molecular complexity index is 1190. The van der Waals surface area contributed by atoms with Crippen molar-refractivity contribution >= 4 is 45.1 Å². The minimum absolute atomic E-state index is 0.235. The molecule has 0 aliphatic carbocycles. The number of hydrogen-bond donors (Lipinski definition) is 1. The van der Waals surface area contributed by atoms with Gasteiger partial charge >= 0.3 is 0 Å². The van der Waals surface area contributed by atoms with Crippen molar-refractivity contribution < 1.29 is 4.74 Å². The molecule has 0 bridgehead atoms. The van der Waals surface area contributed by atoms with Gasteiger partial charge in [0.25, 0.3) is 0 Å². The van der Waals surface area contributed by atoms with Crippen molar-refractivity contribution in [3.8, 4) is 22.5 Å². The Morgan fingerprint density at radius 2 is 1.90 bits per heavy atom. The van der Waals surface area contributed by atoms with Crippen LogP contribution in [0.4, 0.5) is 11.8 Å². The van der Waals surface area contributed by atoms with Crippen LogP contribution in [0.15, 0.2) is 46.9 Å². The van der Waals surface area contributed by atoms with Crippen molar-refractivity contribution in [2.75, 3.05) is 43.2 Å². The first-order valence-corrected chi connectivity index (χ1v) is 11.7. The zero-order valence-electron chi connectivity index (χ0n) is 16.4. The molecule has 0 radical (unpaired) electrons. The summed E-state index contributed by atoms with van der Waals surface area (Å²) in [5, 5.41) is 2.17. The van der Waals surface area contributed by atoms with Crippen LogP contribution in [0, 0.1) is 0 Å². The van der Waals surface area contributed by atoms with Crippen molar-refractivity contribution in [2.45, 2.75) is 4.90 Å². The Kier molecular flexibility index (Phi) is 5.24. The standard InChI is InChI=1S/C21H20N6OS2/c1-29-15-4-2-3-13(9-15)16-12-30-18-17(16)25-19(14-10-23-21(22)24-11-14)26-20(18)27-5-7-28-8-6-27/h2-4,9-12H,5-8H2,1H3,(H2,22,23,24). The average Bonchev–Trinajstić information content (AvgIpc) is 3.23. The quantitative estimate of drug-likeness (QED) is 0.481. The third-order valence-corrected chi connectivity index (χ3v) is 6.71. The zero-order valence-corrected chi connectivity index (χ0v) is 18.0. The summed E-state index contributed by atoms with van der Waals surface area (Å²) in [4.78, 5) is 21.6. The van der Waals surface area contributed by atoms with E-state index in [1.807, 2.05) is 0 Å². The van der Waals surface area contributed by atoms with Crippen molar-refractivity contribution in [3.63, 3.8) is 0 Å². The maximum atomic E-state index is 5.67. The molecule has 2 N–H and O–H groups in total. The lowest BCUT2D eigenvalue weighted by molar-refractivity contribution is 0.122. The largest absolute Gasteiger partial charge is 0.378 e. The molecule has 1 aliphatic rings. The van der Waals surface area contributed by atoms with Gasteiger partial charge in [-0.3, -0.25) is 0 Å². The van der Waals surface area contributed by atoms with Crippen molar-refractivity contribution in [3.05, 3.63) is 42.0 Å². The van der Waals surface area contributed by atoms with Crippen LogP contribution >= 0.6 is 23.1 Å². The van der Waals surface area contributed by atoms with Gasteiger partial charge in [-0.05, 0) is 24.0 Å².